The number of carbonyl (C=O) groups excluding carboxylic acids is 1. The summed E-state index contributed by atoms with van der Waals surface area (Å²) in [7, 11) is 1.51. The van der Waals surface area contributed by atoms with Crippen LogP contribution in [0.15, 0.2) is 16.7 Å². The Hall–Kier alpha value is -2.68. The first-order valence-corrected chi connectivity index (χ1v) is 7.55. The Labute approximate surface area is 138 Å². The van der Waals surface area contributed by atoms with E-state index in [-0.39, 0.29) is 6.54 Å². The lowest BCUT2D eigenvalue weighted by Crippen LogP contribution is -2.36. The van der Waals surface area contributed by atoms with Crippen molar-refractivity contribution in [2.24, 2.45) is 0 Å². The van der Waals surface area contributed by atoms with E-state index in [1.165, 1.54) is 12.0 Å². The van der Waals surface area contributed by atoms with Crippen molar-refractivity contribution in [3.05, 3.63) is 29.5 Å². The van der Waals surface area contributed by atoms with E-state index in [1.807, 2.05) is 6.92 Å². The highest BCUT2D eigenvalue weighted by Gasteiger charge is 2.39. The van der Waals surface area contributed by atoms with Gasteiger partial charge in [0.1, 0.15) is 6.04 Å². The third kappa shape index (κ3) is 3.16. The van der Waals surface area contributed by atoms with Gasteiger partial charge in [0, 0.05) is 18.7 Å². The van der Waals surface area contributed by atoms with Gasteiger partial charge in [0.05, 0.1) is 13.2 Å². The third-order valence-corrected chi connectivity index (χ3v) is 3.81. The monoisotopic (exact) mass is 333 g/mol. The maximum Gasteiger partial charge on any atom is 0.323 e. The highest BCUT2D eigenvalue weighted by Crippen LogP contribution is 2.32. The van der Waals surface area contributed by atoms with Crippen LogP contribution in [0.5, 0.6) is 5.75 Å². The predicted octanol–water partition coefficient (Wildman–Crippen LogP) is 1.43. The number of rotatable bonds is 3. The number of β-amino-alcohol motifs (C(OH)–C–C–N with tert-alkyl or cyclic N) is 1. The number of nitrogens with one attached hydrogen (secondary N) is 1. The van der Waals surface area contributed by atoms with Gasteiger partial charge in [0.25, 0.3) is 0 Å². The molecule has 3 rings (SSSR count). The molecule has 0 unspecified atom stereocenters. The van der Waals surface area contributed by atoms with Crippen LogP contribution in [0, 0.1) is 13.8 Å². The van der Waals surface area contributed by atoms with Crippen molar-refractivity contribution in [2.75, 3.05) is 19.0 Å². The van der Waals surface area contributed by atoms with E-state index in [1.54, 1.807) is 19.1 Å². The van der Waals surface area contributed by atoms with Crippen molar-refractivity contribution < 1.29 is 19.2 Å². The van der Waals surface area contributed by atoms with Crippen molar-refractivity contribution in [3.63, 3.8) is 0 Å². The molecule has 2 aromatic heterocycles. The first kappa shape index (κ1) is 16.2. The molecular formula is C15H19N5O4. The normalized spacial score (nSPS) is 20.2. The Bertz CT molecular complexity index is 747. The van der Waals surface area contributed by atoms with E-state index in [4.69, 9.17) is 9.26 Å². The highest BCUT2D eigenvalue weighted by molar-refractivity contribution is 5.90. The molecule has 1 saturated heterocycles. The molecule has 2 amide bonds. The zero-order chi connectivity index (χ0) is 17.3. The van der Waals surface area contributed by atoms with Crippen LogP contribution in [0.25, 0.3) is 0 Å². The lowest BCUT2D eigenvalue weighted by Gasteiger charge is -2.22. The fraction of sp³-hybridized carbons (Fsp3) is 0.467. The van der Waals surface area contributed by atoms with Crippen molar-refractivity contribution >= 4 is 11.8 Å². The van der Waals surface area contributed by atoms with Gasteiger partial charge >= 0.3 is 6.03 Å². The van der Waals surface area contributed by atoms with Gasteiger partial charge in [0.15, 0.2) is 17.4 Å². The van der Waals surface area contributed by atoms with Crippen LogP contribution in [0.2, 0.25) is 0 Å². The summed E-state index contributed by atoms with van der Waals surface area (Å²) in [5, 5.41) is 16.4. The standard InChI is InChI=1S/C15H19N5O4/c1-8-4-5-12(23-3)13(16-8)18-15(22)20-7-10(21)6-11(20)14-17-9(2)19-24-14/h4-5,10-11,21H,6-7H2,1-3H3,(H,16,18,22)/t10-,11-/m1/s1. The van der Waals surface area contributed by atoms with Crippen molar-refractivity contribution in [3.8, 4) is 5.75 Å². The quantitative estimate of drug-likeness (QED) is 0.873. The third-order valence-electron chi connectivity index (χ3n) is 3.81. The molecule has 0 radical (unpaired) electrons. The average Bonchev–Trinajstić information content (AvgIpc) is 3.13. The number of amides is 2. The Morgan fingerprint density at radius 1 is 1.42 bits per heavy atom. The summed E-state index contributed by atoms with van der Waals surface area (Å²) >= 11 is 0. The fourth-order valence-corrected chi connectivity index (χ4v) is 2.69. The number of aliphatic hydroxyl groups excluding tert-OH is 1. The Morgan fingerprint density at radius 2 is 2.21 bits per heavy atom. The molecule has 3 heterocycles. The summed E-state index contributed by atoms with van der Waals surface area (Å²) in [6.45, 7) is 3.69. The summed E-state index contributed by atoms with van der Waals surface area (Å²) < 4.78 is 10.4. The second-order valence-electron chi connectivity index (χ2n) is 5.67. The fourth-order valence-electron chi connectivity index (χ4n) is 2.69. The molecule has 24 heavy (non-hydrogen) atoms. The number of aliphatic hydroxyl groups is 1. The van der Waals surface area contributed by atoms with Gasteiger partial charge < -0.3 is 19.3 Å². The van der Waals surface area contributed by atoms with E-state index in [2.05, 4.69) is 20.4 Å². The summed E-state index contributed by atoms with van der Waals surface area (Å²) in [5.41, 5.74) is 0.747. The Kier molecular flexibility index (Phi) is 4.34. The van der Waals surface area contributed by atoms with Gasteiger partial charge in [0.2, 0.25) is 5.89 Å². The molecule has 0 bridgehead atoms. The molecular weight excluding hydrogens is 314 g/mol. The lowest BCUT2D eigenvalue weighted by atomic mass is 10.2. The smallest absolute Gasteiger partial charge is 0.323 e. The van der Waals surface area contributed by atoms with Crippen molar-refractivity contribution in [1.29, 1.82) is 0 Å². The number of likely N-dealkylation sites (tertiary alicyclic amines) is 1. The lowest BCUT2D eigenvalue weighted by molar-refractivity contribution is 0.174. The van der Waals surface area contributed by atoms with Gasteiger partial charge in [-0.1, -0.05) is 5.16 Å². The molecule has 0 aromatic carbocycles. The zero-order valence-corrected chi connectivity index (χ0v) is 13.7. The summed E-state index contributed by atoms with van der Waals surface area (Å²) in [6, 6.07) is 2.63. The molecule has 128 valence electrons. The SMILES string of the molecule is COc1ccc(C)nc1NC(=O)N1C[C@H](O)C[C@@H]1c1nc(C)no1. The minimum absolute atomic E-state index is 0.173. The van der Waals surface area contributed by atoms with Gasteiger partial charge in [-0.3, -0.25) is 5.32 Å². The first-order valence-electron chi connectivity index (χ1n) is 7.55. The predicted molar refractivity (Wildman–Crippen MR) is 83.7 cm³/mol. The van der Waals surface area contributed by atoms with Crippen LogP contribution in [0.4, 0.5) is 10.6 Å². The molecule has 1 aliphatic rings. The van der Waals surface area contributed by atoms with Crippen molar-refractivity contribution in [2.45, 2.75) is 32.4 Å². The molecule has 2 N–H and O–H groups in total. The van der Waals surface area contributed by atoms with E-state index in [9.17, 15) is 9.90 Å². The second-order valence-corrected chi connectivity index (χ2v) is 5.67. The van der Waals surface area contributed by atoms with E-state index in [0.29, 0.717) is 29.7 Å². The van der Waals surface area contributed by atoms with Crippen LogP contribution in [0.1, 0.15) is 29.9 Å². The Balaban J connectivity index is 1.82. The maximum atomic E-state index is 12.6. The van der Waals surface area contributed by atoms with Crippen LogP contribution >= 0.6 is 0 Å². The van der Waals surface area contributed by atoms with Crippen LogP contribution < -0.4 is 10.1 Å². The van der Waals surface area contributed by atoms with Crippen LogP contribution in [-0.2, 0) is 0 Å². The summed E-state index contributed by atoms with van der Waals surface area (Å²) in [5.74, 6) is 1.57. The van der Waals surface area contributed by atoms with Gasteiger partial charge in [-0.25, -0.2) is 9.78 Å². The van der Waals surface area contributed by atoms with Gasteiger partial charge in [-0.15, -0.1) is 0 Å². The number of aromatic nitrogens is 3. The largest absolute Gasteiger partial charge is 0.493 e. The first-order chi connectivity index (χ1) is 11.5. The maximum absolute atomic E-state index is 12.6. The topological polar surface area (TPSA) is 114 Å². The number of aryl methyl sites for hydroxylation is 2. The van der Waals surface area contributed by atoms with Crippen molar-refractivity contribution in [1.82, 2.24) is 20.0 Å². The van der Waals surface area contributed by atoms with E-state index < -0.39 is 18.2 Å². The molecule has 9 nitrogen and oxygen atoms in total. The number of urea groups is 1. The average molecular weight is 333 g/mol. The van der Waals surface area contributed by atoms with Gasteiger partial charge in [-0.2, -0.15) is 4.98 Å². The highest BCUT2D eigenvalue weighted by atomic mass is 16.5. The Morgan fingerprint density at radius 3 is 2.88 bits per heavy atom. The van der Waals surface area contributed by atoms with Gasteiger partial charge in [-0.05, 0) is 26.0 Å². The number of anilines is 1. The number of methoxy groups -OCH3 is 1. The number of carbonyl (C=O) groups is 1. The molecule has 2 aromatic rings. The minimum atomic E-state index is -0.652. The number of hydrogen-bond donors (Lipinski definition) is 2. The number of nitrogens with zero attached hydrogens (tertiary/aromatic N) is 4. The number of pyridine rings is 1. The number of ether oxygens (including phenoxy) is 1. The summed E-state index contributed by atoms with van der Waals surface area (Å²) in [4.78, 5) is 22.6. The molecule has 0 spiro atoms. The molecule has 1 fully saturated rings. The molecule has 1 aliphatic heterocycles. The number of hydrogen-bond acceptors (Lipinski definition) is 7. The second kappa shape index (κ2) is 6.44. The summed E-state index contributed by atoms with van der Waals surface area (Å²) in [6.07, 6.45) is -0.312. The van der Waals surface area contributed by atoms with Crippen LogP contribution in [-0.4, -0.2) is 50.9 Å². The van der Waals surface area contributed by atoms with E-state index in [0.717, 1.165) is 5.69 Å². The van der Waals surface area contributed by atoms with Crippen LogP contribution in [0.3, 0.4) is 0 Å². The molecule has 9 heteroatoms. The molecule has 0 aliphatic carbocycles. The molecule has 2 atom stereocenters. The van der Waals surface area contributed by atoms with E-state index >= 15 is 0 Å². The molecule has 0 saturated carbocycles. The minimum Gasteiger partial charge on any atom is -0.493 e. The zero-order valence-electron chi connectivity index (χ0n) is 13.7.